The van der Waals surface area contributed by atoms with Crippen LogP contribution in [0.2, 0.25) is 0 Å². The highest BCUT2D eigenvalue weighted by Crippen LogP contribution is 2.37. The SMILES string of the molecule is O=C(c1ccccc1)C1(Cl)CCCCS1(=O)=O. The van der Waals surface area contributed by atoms with Gasteiger partial charge in [0.15, 0.2) is 15.6 Å². The predicted molar refractivity (Wildman–Crippen MR) is 67.0 cm³/mol. The molecule has 0 spiro atoms. The van der Waals surface area contributed by atoms with Crippen LogP contribution in [0.3, 0.4) is 0 Å². The molecule has 17 heavy (non-hydrogen) atoms. The fraction of sp³-hybridized carbons (Fsp3) is 0.417. The summed E-state index contributed by atoms with van der Waals surface area (Å²) >= 11 is 6.11. The number of carbonyl (C=O) groups excluding carboxylic acids is 1. The second-order valence-corrected chi connectivity index (χ2v) is 7.40. The first kappa shape index (κ1) is 12.6. The second kappa shape index (κ2) is 4.42. The fourth-order valence-electron chi connectivity index (χ4n) is 2.02. The Labute approximate surface area is 106 Å². The van der Waals surface area contributed by atoms with Crippen molar-refractivity contribution >= 4 is 27.2 Å². The van der Waals surface area contributed by atoms with Crippen molar-refractivity contribution in [2.45, 2.75) is 23.5 Å². The van der Waals surface area contributed by atoms with Gasteiger partial charge in [0.05, 0.1) is 5.75 Å². The van der Waals surface area contributed by atoms with Gasteiger partial charge in [-0.15, -0.1) is 0 Å². The summed E-state index contributed by atoms with van der Waals surface area (Å²) in [4.78, 5) is 12.2. The molecule has 3 nitrogen and oxygen atoms in total. The van der Waals surface area contributed by atoms with Gasteiger partial charge < -0.3 is 0 Å². The highest BCUT2D eigenvalue weighted by molar-refractivity contribution is 7.95. The Morgan fingerprint density at radius 3 is 2.41 bits per heavy atom. The Morgan fingerprint density at radius 2 is 1.82 bits per heavy atom. The minimum atomic E-state index is -3.55. The number of hydrogen-bond donors (Lipinski definition) is 0. The molecule has 0 aromatic heterocycles. The van der Waals surface area contributed by atoms with Crippen molar-refractivity contribution in [3.8, 4) is 0 Å². The normalized spacial score (nSPS) is 27.6. The monoisotopic (exact) mass is 272 g/mol. The van der Waals surface area contributed by atoms with E-state index in [-0.39, 0.29) is 12.2 Å². The summed E-state index contributed by atoms with van der Waals surface area (Å²) in [6, 6.07) is 8.35. The smallest absolute Gasteiger partial charge is 0.207 e. The van der Waals surface area contributed by atoms with Crippen LogP contribution in [0, 0.1) is 0 Å². The molecule has 1 atom stereocenters. The van der Waals surface area contributed by atoms with Crippen LogP contribution < -0.4 is 0 Å². The van der Waals surface area contributed by atoms with Crippen LogP contribution in [0.25, 0.3) is 0 Å². The molecule has 0 saturated carbocycles. The van der Waals surface area contributed by atoms with E-state index in [1.807, 2.05) is 0 Å². The average molecular weight is 273 g/mol. The quantitative estimate of drug-likeness (QED) is 0.614. The fourth-order valence-corrected chi connectivity index (χ4v) is 4.26. The van der Waals surface area contributed by atoms with Gasteiger partial charge in [0.1, 0.15) is 0 Å². The zero-order valence-corrected chi connectivity index (χ0v) is 10.8. The third-order valence-corrected chi connectivity index (χ3v) is 6.30. The van der Waals surface area contributed by atoms with Crippen LogP contribution >= 0.6 is 11.6 Å². The lowest BCUT2D eigenvalue weighted by Crippen LogP contribution is -2.45. The van der Waals surface area contributed by atoms with E-state index in [1.54, 1.807) is 30.3 Å². The highest BCUT2D eigenvalue weighted by Gasteiger charge is 2.50. The number of sulfone groups is 1. The van der Waals surface area contributed by atoms with Gasteiger partial charge in [-0.05, 0) is 19.3 Å². The van der Waals surface area contributed by atoms with Gasteiger partial charge in [-0.3, -0.25) is 4.79 Å². The zero-order chi connectivity index (χ0) is 12.5. The van der Waals surface area contributed by atoms with Crippen LogP contribution in [0.1, 0.15) is 29.6 Å². The molecule has 1 aliphatic rings. The molecule has 0 N–H and O–H groups in total. The molecule has 5 heteroatoms. The Morgan fingerprint density at radius 1 is 1.18 bits per heavy atom. The number of hydrogen-bond acceptors (Lipinski definition) is 3. The van der Waals surface area contributed by atoms with Crippen molar-refractivity contribution in [2.24, 2.45) is 0 Å². The van der Waals surface area contributed by atoms with Crippen LogP contribution in [0.5, 0.6) is 0 Å². The zero-order valence-electron chi connectivity index (χ0n) is 9.23. The van der Waals surface area contributed by atoms with Crippen molar-refractivity contribution in [1.82, 2.24) is 0 Å². The summed E-state index contributed by atoms with van der Waals surface area (Å²) in [7, 11) is -3.55. The lowest BCUT2D eigenvalue weighted by atomic mass is 10.0. The summed E-state index contributed by atoms with van der Waals surface area (Å²) in [6.45, 7) is 0. The second-order valence-electron chi connectivity index (χ2n) is 4.20. The molecule has 0 bridgehead atoms. The van der Waals surface area contributed by atoms with E-state index < -0.39 is 19.8 Å². The highest BCUT2D eigenvalue weighted by atomic mass is 35.5. The lowest BCUT2D eigenvalue weighted by molar-refractivity contribution is 0.0965. The van der Waals surface area contributed by atoms with Crippen molar-refractivity contribution in [3.05, 3.63) is 35.9 Å². The number of halogens is 1. The number of rotatable bonds is 2. The van der Waals surface area contributed by atoms with Gasteiger partial charge in [0.25, 0.3) is 0 Å². The van der Waals surface area contributed by atoms with E-state index in [2.05, 4.69) is 0 Å². The third-order valence-electron chi connectivity index (χ3n) is 3.03. The molecule has 0 amide bonds. The van der Waals surface area contributed by atoms with Gasteiger partial charge >= 0.3 is 0 Å². The number of carbonyl (C=O) groups is 1. The van der Waals surface area contributed by atoms with Crippen LogP contribution in [0.15, 0.2) is 30.3 Å². The van der Waals surface area contributed by atoms with Gasteiger partial charge in [0, 0.05) is 5.56 Å². The molecule has 0 radical (unpaired) electrons. The Balaban J connectivity index is 2.42. The number of ketones is 1. The molecule has 2 rings (SSSR count). The maximum atomic E-state index is 12.2. The van der Waals surface area contributed by atoms with Crippen LogP contribution in [-0.4, -0.2) is 24.2 Å². The summed E-state index contributed by atoms with van der Waals surface area (Å²) in [6.07, 6.45) is 1.45. The maximum Gasteiger partial charge on any atom is 0.207 e. The molecule has 1 heterocycles. The van der Waals surface area contributed by atoms with Gasteiger partial charge in [-0.1, -0.05) is 41.9 Å². The first-order chi connectivity index (χ1) is 7.97. The lowest BCUT2D eigenvalue weighted by Gasteiger charge is -2.29. The molecule has 1 aromatic carbocycles. The molecular weight excluding hydrogens is 260 g/mol. The molecule has 1 fully saturated rings. The van der Waals surface area contributed by atoms with E-state index in [0.717, 1.165) is 0 Å². The topological polar surface area (TPSA) is 51.2 Å². The average Bonchev–Trinajstić information content (AvgIpc) is 2.33. The summed E-state index contributed by atoms with van der Waals surface area (Å²) < 4.78 is 22.2. The molecule has 1 saturated heterocycles. The van der Waals surface area contributed by atoms with E-state index in [1.165, 1.54) is 0 Å². The minimum absolute atomic E-state index is 0.00489. The van der Waals surface area contributed by atoms with Crippen LogP contribution in [0.4, 0.5) is 0 Å². The first-order valence-corrected chi connectivity index (χ1v) is 7.51. The molecule has 1 aromatic rings. The summed E-state index contributed by atoms with van der Waals surface area (Å²) in [5.41, 5.74) is 0.355. The minimum Gasteiger partial charge on any atom is -0.291 e. The van der Waals surface area contributed by atoms with Gasteiger partial charge in [-0.25, -0.2) is 8.42 Å². The number of alkyl halides is 1. The van der Waals surface area contributed by atoms with Crippen molar-refractivity contribution < 1.29 is 13.2 Å². The van der Waals surface area contributed by atoms with E-state index in [0.29, 0.717) is 18.4 Å². The predicted octanol–water partition coefficient (Wildman–Crippen LogP) is 2.40. The number of Topliss-reactive ketones (excluding diaryl/α,β-unsaturated/α-hetero) is 1. The maximum absolute atomic E-state index is 12.2. The number of benzene rings is 1. The van der Waals surface area contributed by atoms with Gasteiger partial charge in [-0.2, -0.15) is 0 Å². The molecule has 1 unspecified atom stereocenters. The van der Waals surface area contributed by atoms with Crippen molar-refractivity contribution in [2.75, 3.05) is 5.75 Å². The van der Waals surface area contributed by atoms with Crippen LogP contribution in [-0.2, 0) is 9.84 Å². The van der Waals surface area contributed by atoms with E-state index in [4.69, 9.17) is 11.6 Å². The van der Waals surface area contributed by atoms with E-state index >= 15 is 0 Å². The Bertz CT molecular complexity index is 524. The molecule has 92 valence electrons. The Kier molecular flexibility index (Phi) is 3.27. The van der Waals surface area contributed by atoms with E-state index in [9.17, 15) is 13.2 Å². The van der Waals surface area contributed by atoms with Gasteiger partial charge in [0.2, 0.25) is 4.21 Å². The van der Waals surface area contributed by atoms with Crippen molar-refractivity contribution in [3.63, 3.8) is 0 Å². The molecule has 0 aliphatic carbocycles. The first-order valence-electron chi connectivity index (χ1n) is 5.48. The summed E-state index contributed by atoms with van der Waals surface area (Å²) in [5.74, 6) is -0.505. The molecular formula is C12H13ClO3S. The standard InChI is InChI=1S/C12H13ClO3S/c13-12(8-4-5-9-17(12,15)16)11(14)10-6-2-1-3-7-10/h1-3,6-7H,4-5,8-9H2. The van der Waals surface area contributed by atoms with Crippen molar-refractivity contribution in [1.29, 1.82) is 0 Å². The molecule has 1 aliphatic heterocycles. The summed E-state index contributed by atoms with van der Waals surface area (Å²) in [5, 5.41) is 0. The Hall–Kier alpha value is -0.870. The third kappa shape index (κ3) is 2.11. The largest absolute Gasteiger partial charge is 0.291 e.